The molecule has 4 bridgehead atoms. The van der Waals surface area contributed by atoms with Crippen LogP contribution in [-0.4, -0.2) is 47.8 Å². The van der Waals surface area contributed by atoms with Crippen LogP contribution in [0.15, 0.2) is 12.2 Å². The van der Waals surface area contributed by atoms with Crippen molar-refractivity contribution in [2.24, 2.45) is 29.6 Å². The highest BCUT2D eigenvalue weighted by atomic mass is 35.5. The minimum absolute atomic E-state index is 0. The molecule has 27 heavy (non-hydrogen) atoms. The van der Waals surface area contributed by atoms with Crippen LogP contribution >= 0.6 is 12.4 Å². The van der Waals surface area contributed by atoms with Crippen LogP contribution < -0.4 is 10.6 Å². The predicted octanol–water partition coefficient (Wildman–Crippen LogP) is 1.25. The zero-order chi connectivity index (χ0) is 17.8. The average Bonchev–Trinajstić information content (AvgIpc) is 3.35. The van der Waals surface area contributed by atoms with E-state index in [1.54, 1.807) is 0 Å². The van der Waals surface area contributed by atoms with Gasteiger partial charge in [-0.05, 0) is 49.9 Å². The third kappa shape index (κ3) is 3.21. The molecule has 148 valence electrons. The second-order valence-corrected chi connectivity index (χ2v) is 8.86. The van der Waals surface area contributed by atoms with E-state index in [2.05, 4.69) is 22.8 Å². The summed E-state index contributed by atoms with van der Waals surface area (Å²) in [6.07, 6.45) is 10.4. The van der Waals surface area contributed by atoms with Gasteiger partial charge in [-0.25, -0.2) is 0 Å². The van der Waals surface area contributed by atoms with Crippen molar-refractivity contribution in [3.05, 3.63) is 12.2 Å². The van der Waals surface area contributed by atoms with Gasteiger partial charge < -0.3 is 10.6 Å². The van der Waals surface area contributed by atoms with E-state index in [0.717, 1.165) is 19.3 Å². The highest BCUT2D eigenvalue weighted by Gasteiger charge is 2.58. The first-order chi connectivity index (χ1) is 12.6. The first-order valence-corrected chi connectivity index (χ1v) is 10.2. The lowest BCUT2D eigenvalue weighted by Gasteiger charge is -2.28. The molecule has 3 aliphatic heterocycles. The van der Waals surface area contributed by atoms with Crippen LogP contribution in [-0.2, 0) is 14.4 Å². The van der Waals surface area contributed by atoms with Gasteiger partial charge in [-0.15, -0.1) is 12.4 Å². The molecule has 6 atom stereocenters. The molecular weight excluding hydrogens is 366 g/mol. The normalized spacial score (nSPS) is 41.0. The third-order valence-electron chi connectivity index (χ3n) is 7.26. The number of rotatable bonds is 5. The molecule has 3 amide bonds. The molecule has 0 aromatic rings. The number of carbonyl (C=O) groups is 3. The third-order valence-corrected chi connectivity index (χ3v) is 7.26. The van der Waals surface area contributed by atoms with E-state index in [-0.39, 0.29) is 53.8 Å². The summed E-state index contributed by atoms with van der Waals surface area (Å²) in [5.41, 5.74) is 0. The fourth-order valence-electron chi connectivity index (χ4n) is 6.17. The van der Waals surface area contributed by atoms with E-state index in [0.29, 0.717) is 37.5 Å². The van der Waals surface area contributed by atoms with Crippen molar-refractivity contribution in [1.29, 1.82) is 0 Å². The second-order valence-electron chi connectivity index (χ2n) is 8.86. The summed E-state index contributed by atoms with van der Waals surface area (Å²) in [7, 11) is 0. The number of hydrogen-bond donors (Lipinski definition) is 2. The van der Waals surface area contributed by atoms with E-state index in [1.165, 1.54) is 17.7 Å². The average molecular weight is 394 g/mol. The molecule has 7 heteroatoms. The summed E-state index contributed by atoms with van der Waals surface area (Å²) in [5.74, 6) is 0.675. The number of nitrogens with zero attached hydrogens (tertiary/aromatic N) is 1. The summed E-state index contributed by atoms with van der Waals surface area (Å²) in [6.45, 7) is 0.684. The number of halogens is 1. The van der Waals surface area contributed by atoms with Crippen molar-refractivity contribution in [2.45, 2.75) is 50.6 Å². The molecule has 3 saturated heterocycles. The SMILES string of the molecule is Cl.O=C(CC1CC2CCC(C1)N2)NCCN1C(=O)C2C3C=CC(C3)C2C1=O. The number of likely N-dealkylation sites (tertiary alicyclic amines) is 1. The Labute approximate surface area is 165 Å². The van der Waals surface area contributed by atoms with Gasteiger partial charge in [0.15, 0.2) is 0 Å². The lowest BCUT2D eigenvalue weighted by Crippen LogP contribution is -2.42. The maximum absolute atomic E-state index is 12.6. The molecule has 5 aliphatic rings. The number of imide groups is 1. The van der Waals surface area contributed by atoms with Crippen LogP contribution in [0.4, 0.5) is 0 Å². The molecule has 0 spiro atoms. The number of fused-ring (bicyclic) bond motifs is 7. The molecule has 2 N–H and O–H groups in total. The first kappa shape index (κ1) is 18.9. The van der Waals surface area contributed by atoms with Crippen molar-refractivity contribution in [3.63, 3.8) is 0 Å². The Morgan fingerprint density at radius 2 is 1.63 bits per heavy atom. The van der Waals surface area contributed by atoms with E-state index in [4.69, 9.17) is 0 Å². The number of nitrogens with one attached hydrogen (secondary N) is 2. The number of carbonyl (C=O) groups excluding carboxylic acids is 3. The zero-order valence-electron chi connectivity index (χ0n) is 15.4. The van der Waals surface area contributed by atoms with Gasteiger partial charge in [-0.2, -0.15) is 0 Å². The highest BCUT2D eigenvalue weighted by molar-refractivity contribution is 6.06. The minimum Gasteiger partial charge on any atom is -0.354 e. The number of piperidine rings is 1. The zero-order valence-corrected chi connectivity index (χ0v) is 16.2. The molecule has 0 aromatic heterocycles. The van der Waals surface area contributed by atoms with Gasteiger partial charge in [0, 0.05) is 31.6 Å². The molecule has 2 aliphatic carbocycles. The number of amides is 3. The Hall–Kier alpha value is -1.40. The minimum atomic E-state index is -0.140. The summed E-state index contributed by atoms with van der Waals surface area (Å²) >= 11 is 0. The standard InChI is InChI=1S/C20H27N3O3.ClH/c24-16(9-11-7-14-3-4-15(8-11)22-14)21-5-6-23-19(25)17-12-1-2-13(10-12)18(17)20(23)26;/h1-2,11-15,17-18,22H,3-10H2,(H,21,24);1H. The van der Waals surface area contributed by atoms with E-state index < -0.39 is 0 Å². The Morgan fingerprint density at radius 1 is 1.04 bits per heavy atom. The number of hydrogen-bond acceptors (Lipinski definition) is 4. The molecule has 1 saturated carbocycles. The lowest BCUT2D eigenvalue weighted by molar-refractivity contribution is -0.141. The van der Waals surface area contributed by atoms with Crippen molar-refractivity contribution in [2.75, 3.05) is 13.1 Å². The largest absolute Gasteiger partial charge is 0.354 e. The van der Waals surface area contributed by atoms with Crippen LogP contribution in [0.5, 0.6) is 0 Å². The van der Waals surface area contributed by atoms with Gasteiger partial charge in [0.25, 0.3) is 0 Å². The fourth-order valence-corrected chi connectivity index (χ4v) is 6.17. The maximum Gasteiger partial charge on any atom is 0.233 e. The monoisotopic (exact) mass is 393 g/mol. The van der Waals surface area contributed by atoms with Crippen LogP contribution in [0.25, 0.3) is 0 Å². The van der Waals surface area contributed by atoms with Crippen LogP contribution in [0, 0.1) is 29.6 Å². The van der Waals surface area contributed by atoms with Crippen LogP contribution in [0.1, 0.15) is 38.5 Å². The van der Waals surface area contributed by atoms with Gasteiger partial charge in [-0.1, -0.05) is 12.2 Å². The number of allylic oxidation sites excluding steroid dienone is 2. The van der Waals surface area contributed by atoms with E-state index >= 15 is 0 Å². The van der Waals surface area contributed by atoms with Crippen molar-refractivity contribution in [3.8, 4) is 0 Å². The molecule has 5 rings (SSSR count). The summed E-state index contributed by atoms with van der Waals surface area (Å²) in [4.78, 5) is 38.9. The molecule has 6 unspecified atom stereocenters. The Morgan fingerprint density at radius 3 is 2.22 bits per heavy atom. The fraction of sp³-hybridized carbons (Fsp3) is 0.750. The Kier molecular flexibility index (Phi) is 5.06. The summed E-state index contributed by atoms with van der Waals surface area (Å²) in [5, 5.41) is 6.53. The Balaban J connectivity index is 0.00000180. The first-order valence-electron chi connectivity index (χ1n) is 10.2. The predicted molar refractivity (Wildman–Crippen MR) is 102 cm³/mol. The molecular formula is C20H28ClN3O3. The van der Waals surface area contributed by atoms with Crippen molar-refractivity contribution >= 4 is 30.1 Å². The second kappa shape index (κ2) is 7.21. The van der Waals surface area contributed by atoms with Gasteiger partial charge >= 0.3 is 0 Å². The molecule has 4 fully saturated rings. The Bertz CT molecular complexity index is 639. The highest BCUT2D eigenvalue weighted by Crippen LogP contribution is 2.52. The van der Waals surface area contributed by atoms with Gasteiger partial charge in [0.1, 0.15) is 0 Å². The van der Waals surface area contributed by atoms with E-state index in [9.17, 15) is 14.4 Å². The summed E-state index contributed by atoms with van der Waals surface area (Å²) in [6, 6.07) is 1.18. The quantitative estimate of drug-likeness (QED) is 0.544. The van der Waals surface area contributed by atoms with Crippen molar-refractivity contribution in [1.82, 2.24) is 15.5 Å². The lowest BCUT2D eigenvalue weighted by atomic mass is 9.85. The summed E-state index contributed by atoms with van der Waals surface area (Å²) < 4.78 is 0. The molecule has 0 radical (unpaired) electrons. The molecule has 3 heterocycles. The molecule has 0 aromatic carbocycles. The maximum atomic E-state index is 12.6. The molecule has 6 nitrogen and oxygen atoms in total. The van der Waals surface area contributed by atoms with E-state index in [1.807, 2.05) is 0 Å². The smallest absolute Gasteiger partial charge is 0.233 e. The van der Waals surface area contributed by atoms with Gasteiger partial charge in [0.2, 0.25) is 17.7 Å². The van der Waals surface area contributed by atoms with Gasteiger partial charge in [0.05, 0.1) is 11.8 Å². The van der Waals surface area contributed by atoms with Crippen LogP contribution in [0.2, 0.25) is 0 Å². The van der Waals surface area contributed by atoms with Crippen molar-refractivity contribution < 1.29 is 14.4 Å². The topological polar surface area (TPSA) is 78.5 Å². The van der Waals surface area contributed by atoms with Crippen LogP contribution in [0.3, 0.4) is 0 Å². The van der Waals surface area contributed by atoms with Gasteiger partial charge in [-0.3, -0.25) is 19.3 Å².